The van der Waals surface area contributed by atoms with E-state index in [1.165, 1.54) is 0 Å². The summed E-state index contributed by atoms with van der Waals surface area (Å²) in [5, 5.41) is 8.79. The fourth-order valence-corrected chi connectivity index (χ4v) is 2.68. The van der Waals surface area contributed by atoms with Crippen LogP contribution in [0.25, 0.3) is 11.1 Å². The largest absolute Gasteiger partial charge is 0.488 e. The van der Waals surface area contributed by atoms with Crippen molar-refractivity contribution in [2.45, 2.75) is 25.4 Å². The molecular weight excluding hydrogens is 292 g/mol. The second-order valence-electron chi connectivity index (χ2n) is 5.72. The lowest BCUT2D eigenvalue weighted by molar-refractivity contribution is -0.136. The fraction of sp³-hybridized carbons (Fsp3) is 0.316. The normalized spacial score (nSPS) is 17.1. The minimum Gasteiger partial charge on any atom is -0.488 e. The molecular formula is C19H20O4. The van der Waals surface area contributed by atoms with Crippen LogP contribution in [0.4, 0.5) is 0 Å². The molecule has 2 aromatic carbocycles. The zero-order valence-electron chi connectivity index (χ0n) is 12.9. The van der Waals surface area contributed by atoms with E-state index in [9.17, 15) is 4.79 Å². The molecule has 1 aliphatic rings. The maximum Gasteiger partial charge on any atom is 0.303 e. The highest BCUT2D eigenvalue weighted by Crippen LogP contribution is 2.25. The molecule has 1 heterocycles. The quantitative estimate of drug-likeness (QED) is 0.886. The van der Waals surface area contributed by atoms with Gasteiger partial charge in [-0.15, -0.1) is 0 Å². The Labute approximate surface area is 135 Å². The summed E-state index contributed by atoms with van der Waals surface area (Å²) >= 11 is 0. The van der Waals surface area contributed by atoms with Gasteiger partial charge in [-0.1, -0.05) is 36.4 Å². The fourth-order valence-electron chi connectivity index (χ4n) is 2.68. The molecule has 4 heteroatoms. The van der Waals surface area contributed by atoms with Crippen LogP contribution in [0.1, 0.15) is 18.4 Å². The lowest BCUT2D eigenvalue weighted by Crippen LogP contribution is -2.15. The monoisotopic (exact) mass is 312 g/mol. The van der Waals surface area contributed by atoms with Crippen LogP contribution in [0, 0.1) is 0 Å². The van der Waals surface area contributed by atoms with Crippen LogP contribution in [0.15, 0.2) is 48.5 Å². The van der Waals surface area contributed by atoms with Crippen molar-refractivity contribution in [3.05, 3.63) is 54.1 Å². The Hall–Kier alpha value is -2.33. The standard InChI is InChI=1S/C19H20O4/c20-19(21)9-4-14-2-1-3-16(12-14)15-5-7-17(8-6-15)23-18-10-11-22-13-18/h1-3,5-8,12,18H,4,9-11,13H2,(H,20,21). The van der Waals surface area contributed by atoms with Crippen molar-refractivity contribution < 1.29 is 19.4 Å². The summed E-state index contributed by atoms with van der Waals surface area (Å²) in [6.07, 6.45) is 1.79. The van der Waals surface area contributed by atoms with E-state index in [1.54, 1.807) is 0 Å². The van der Waals surface area contributed by atoms with Crippen molar-refractivity contribution in [1.82, 2.24) is 0 Å². The van der Waals surface area contributed by atoms with Crippen molar-refractivity contribution in [3.63, 3.8) is 0 Å². The van der Waals surface area contributed by atoms with Gasteiger partial charge in [0.05, 0.1) is 13.2 Å². The van der Waals surface area contributed by atoms with Crippen LogP contribution < -0.4 is 4.74 Å². The van der Waals surface area contributed by atoms with Crippen molar-refractivity contribution in [1.29, 1.82) is 0 Å². The first-order valence-electron chi connectivity index (χ1n) is 7.86. The number of ether oxygens (including phenoxy) is 2. The number of aliphatic carboxylic acids is 1. The van der Waals surface area contributed by atoms with Crippen LogP contribution >= 0.6 is 0 Å². The number of benzene rings is 2. The second kappa shape index (κ2) is 7.29. The number of hydrogen-bond donors (Lipinski definition) is 1. The first-order chi connectivity index (χ1) is 11.2. The van der Waals surface area contributed by atoms with Crippen LogP contribution in [-0.2, 0) is 16.0 Å². The van der Waals surface area contributed by atoms with Crippen LogP contribution in [0.2, 0.25) is 0 Å². The molecule has 0 aliphatic carbocycles. The molecule has 0 radical (unpaired) electrons. The zero-order valence-corrected chi connectivity index (χ0v) is 12.9. The van der Waals surface area contributed by atoms with Crippen LogP contribution in [0.5, 0.6) is 5.75 Å². The van der Waals surface area contributed by atoms with E-state index in [1.807, 2.05) is 48.5 Å². The minimum absolute atomic E-state index is 0.152. The molecule has 3 rings (SSSR count). The number of carbonyl (C=O) groups is 1. The highest BCUT2D eigenvalue weighted by Gasteiger charge is 2.16. The van der Waals surface area contributed by atoms with Gasteiger partial charge in [-0.25, -0.2) is 0 Å². The summed E-state index contributed by atoms with van der Waals surface area (Å²) < 4.78 is 11.2. The maximum absolute atomic E-state index is 10.7. The number of rotatable bonds is 6. The summed E-state index contributed by atoms with van der Waals surface area (Å²) in [5.41, 5.74) is 3.22. The SMILES string of the molecule is O=C(O)CCc1cccc(-c2ccc(OC3CCOC3)cc2)c1. The lowest BCUT2D eigenvalue weighted by Gasteiger charge is -2.12. The van der Waals surface area contributed by atoms with Gasteiger partial charge in [-0.05, 0) is 35.2 Å². The van der Waals surface area contributed by atoms with Gasteiger partial charge in [0.2, 0.25) is 0 Å². The molecule has 1 atom stereocenters. The van der Waals surface area contributed by atoms with Gasteiger partial charge in [0.15, 0.2) is 0 Å². The zero-order chi connectivity index (χ0) is 16.1. The molecule has 0 spiro atoms. The number of carboxylic acid groups (broad SMARTS) is 1. The minimum atomic E-state index is -0.771. The third-order valence-electron chi connectivity index (χ3n) is 3.93. The van der Waals surface area contributed by atoms with Gasteiger partial charge < -0.3 is 14.6 Å². The Morgan fingerprint density at radius 1 is 1.17 bits per heavy atom. The molecule has 1 N–H and O–H groups in total. The van der Waals surface area contributed by atoms with Crippen molar-refractivity contribution >= 4 is 5.97 Å². The Balaban J connectivity index is 1.68. The Bertz CT molecular complexity index is 657. The van der Waals surface area contributed by atoms with E-state index >= 15 is 0 Å². The van der Waals surface area contributed by atoms with Crippen molar-refractivity contribution in [3.8, 4) is 16.9 Å². The van der Waals surface area contributed by atoms with Crippen molar-refractivity contribution in [2.24, 2.45) is 0 Å². The first-order valence-corrected chi connectivity index (χ1v) is 7.86. The third kappa shape index (κ3) is 4.33. The highest BCUT2D eigenvalue weighted by molar-refractivity contribution is 5.68. The van der Waals surface area contributed by atoms with E-state index in [0.29, 0.717) is 13.0 Å². The predicted molar refractivity (Wildman–Crippen MR) is 87.7 cm³/mol. The molecule has 120 valence electrons. The van der Waals surface area contributed by atoms with Crippen molar-refractivity contribution in [2.75, 3.05) is 13.2 Å². The number of aryl methyl sites for hydroxylation is 1. The Kier molecular flexibility index (Phi) is 4.93. The number of carboxylic acids is 1. The molecule has 0 bridgehead atoms. The smallest absolute Gasteiger partial charge is 0.303 e. The predicted octanol–water partition coefficient (Wildman–Crippen LogP) is 3.54. The van der Waals surface area contributed by atoms with Gasteiger partial charge in [-0.2, -0.15) is 0 Å². The van der Waals surface area contributed by atoms with Gasteiger partial charge in [0, 0.05) is 12.8 Å². The van der Waals surface area contributed by atoms with E-state index in [4.69, 9.17) is 14.6 Å². The molecule has 1 fully saturated rings. The van der Waals surface area contributed by atoms with E-state index in [0.717, 1.165) is 35.5 Å². The maximum atomic E-state index is 10.7. The third-order valence-corrected chi connectivity index (χ3v) is 3.93. The lowest BCUT2D eigenvalue weighted by atomic mass is 10.0. The summed E-state index contributed by atoms with van der Waals surface area (Å²) in [4.78, 5) is 10.7. The molecule has 0 aromatic heterocycles. The molecule has 1 saturated heterocycles. The van der Waals surface area contributed by atoms with Gasteiger partial charge in [-0.3, -0.25) is 4.79 Å². The highest BCUT2D eigenvalue weighted by atomic mass is 16.5. The Morgan fingerprint density at radius 3 is 2.70 bits per heavy atom. The van der Waals surface area contributed by atoms with Gasteiger partial charge >= 0.3 is 5.97 Å². The second-order valence-corrected chi connectivity index (χ2v) is 5.72. The van der Waals surface area contributed by atoms with Crippen LogP contribution in [-0.4, -0.2) is 30.4 Å². The molecule has 0 saturated carbocycles. The molecule has 2 aromatic rings. The average Bonchev–Trinajstić information content (AvgIpc) is 3.07. The summed E-state index contributed by atoms with van der Waals surface area (Å²) in [7, 11) is 0. The van der Waals surface area contributed by atoms with Gasteiger partial charge in [0.25, 0.3) is 0 Å². The molecule has 23 heavy (non-hydrogen) atoms. The van der Waals surface area contributed by atoms with E-state index < -0.39 is 5.97 Å². The van der Waals surface area contributed by atoms with Gasteiger partial charge in [0.1, 0.15) is 11.9 Å². The number of hydrogen-bond acceptors (Lipinski definition) is 3. The molecule has 1 aliphatic heterocycles. The molecule has 1 unspecified atom stereocenters. The first kappa shape index (κ1) is 15.6. The summed E-state index contributed by atoms with van der Waals surface area (Å²) in [5.74, 6) is 0.0825. The Morgan fingerprint density at radius 2 is 2.00 bits per heavy atom. The van der Waals surface area contributed by atoms with E-state index in [-0.39, 0.29) is 12.5 Å². The summed E-state index contributed by atoms with van der Waals surface area (Å²) in [6, 6.07) is 16.0. The average molecular weight is 312 g/mol. The summed E-state index contributed by atoms with van der Waals surface area (Å²) in [6.45, 7) is 1.43. The topological polar surface area (TPSA) is 55.8 Å². The van der Waals surface area contributed by atoms with E-state index in [2.05, 4.69) is 0 Å². The van der Waals surface area contributed by atoms with Crippen LogP contribution in [0.3, 0.4) is 0 Å². The molecule has 4 nitrogen and oxygen atoms in total. The molecule has 0 amide bonds.